The van der Waals surface area contributed by atoms with E-state index in [1.807, 2.05) is 19.1 Å². The maximum atomic E-state index is 12.2. The van der Waals surface area contributed by atoms with Crippen LogP contribution in [-0.4, -0.2) is 37.7 Å². The second-order valence-corrected chi connectivity index (χ2v) is 5.80. The fraction of sp³-hybridized carbons (Fsp3) is 0.500. The summed E-state index contributed by atoms with van der Waals surface area (Å²) in [5.74, 6) is 0.0350. The smallest absolute Gasteiger partial charge is 0.234 e. The quantitative estimate of drug-likeness (QED) is 0.837. The van der Waals surface area contributed by atoms with Crippen LogP contribution in [0.5, 0.6) is 0 Å². The summed E-state index contributed by atoms with van der Waals surface area (Å²) < 4.78 is 10.3. The molecular weight excluding hydrogens is 262 g/mol. The molecule has 1 N–H and O–H groups in total. The maximum absolute atomic E-state index is 12.2. The highest BCUT2D eigenvalue weighted by Crippen LogP contribution is 2.36. The molecular formula is C14H19NO3S. The molecule has 0 saturated carbocycles. The summed E-state index contributed by atoms with van der Waals surface area (Å²) in [7, 11) is 3.13. The lowest BCUT2D eigenvalue weighted by Gasteiger charge is -2.23. The van der Waals surface area contributed by atoms with Crippen molar-refractivity contribution in [1.82, 2.24) is 5.32 Å². The van der Waals surface area contributed by atoms with Gasteiger partial charge in [0.05, 0.1) is 11.3 Å². The first-order chi connectivity index (χ1) is 9.15. The predicted octanol–water partition coefficient (Wildman–Crippen LogP) is 1.83. The summed E-state index contributed by atoms with van der Waals surface area (Å²) in [6.07, 6.45) is 0.363. The number of nitrogens with one attached hydrogen (secondary N) is 1. The van der Waals surface area contributed by atoms with Gasteiger partial charge in [0.2, 0.25) is 5.91 Å². The normalized spacial score (nSPS) is 19.3. The monoisotopic (exact) mass is 281 g/mol. The number of thioether (sulfide) groups is 1. The molecule has 0 aromatic heterocycles. The molecule has 1 aromatic rings. The van der Waals surface area contributed by atoms with E-state index >= 15 is 0 Å². The molecule has 2 unspecified atom stereocenters. The van der Waals surface area contributed by atoms with E-state index in [-0.39, 0.29) is 17.2 Å². The zero-order chi connectivity index (χ0) is 13.8. The summed E-state index contributed by atoms with van der Waals surface area (Å²) in [5, 5.41) is 2.89. The SMILES string of the molecule is COC(OC)C(C)NC(=O)C1Cc2ccccc2S1. The standard InChI is InChI=1S/C14H19NO3S/c1-9(14(17-2)18-3)15-13(16)12-8-10-6-4-5-7-11(10)19-12/h4-7,9,12,14H,8H2,1-3H3,(H,15,16). The minimum absolute atomic E-state index is 0.0350. The van der Waals surface area contributed by atoms with Gasteiger partial charge in [-0.2, -0.15) is 0 Å². The van der Waals surface area contributed by atoms with Crippen LogP contribution in [-0.2, 0) is 20.7 Å². The Morgan fingerprint density at radius 1 is 1.37 bits per heavy atom. The molecule has 0 saturated heterocycles. The summed E-state index contributed by atoms with van der Waals surface area (Å²) in [4.78, 5) is 13.4. The zero-order valence-electron chi connectivity index (χ0n) is 11.4. The average Bonchev–Trinajstić information content (AvgIpc) is 2.84. The van der Waals surface area contributed by atoms with Gasteiger partial charge in [0.15, 0.2) is 6.29 Å². The number of rotatable bonds is 5. The number of ether oxygens (including phenoxy) is 2. The van der Waals surface area contributed by atoms with Crippen molar-refractivity contribution in [3.63, 3.8) is 0 Å². The third-order valence-corrected chi connectivity index (χ3v) is 4.50. The number of benzene rings is 1. The number of fused-ring (bicyclic) bond motifs is 1. The Hall–Kier alpha value is -1.04. The Labute approximate surface area is 117 Å². The first-order valence-electron chi connectivity index (χ1n) is 6.26. The van der Waals surface area contributed by atoms with Gasteiger partial charge in [0.1, 0.15) is 0 Å². The van der Waals surface area contributed by atoms with Crippen LogP contribution in [0.2, 0.25) is 0 Å². The van der Waals surface area contributed by atoms with Crippen LogP contribution in [0, 0.1) is 0 Å². The largest absolute Gasteiger partial charge is 0.354 e. The number of methoxy groups -OCH3 is 2. The molecule has 0 aliphatic carbocycles. The van der Waals surface area contributed by atoms with Crippen LogP contribution in [0.1, 0.15) is 12.5 Å². The van der Waals surface area contributed by atoms with Gasteiger partial charge in [0, 0.05) is 19.1 Å². The van der Waals surface area contributed by atoms with Crippen molar-refractivity contribution >= 4 is 17.7 Å². The average molecular weight is 281 g/mol. The molecule has 1 aromatic carbocycles. The molecule has 2 rings (SSSR count). The summed E-state index contributed by atoms with van der Waals surface area (Å²) in [6.45, 7) is 1.88. The fourth-order valence-electron chi connectivity index (χ4n) is 2.22. The predicted molar refractivity (Wildman–Crippen MR) is 75.2 cm³/mol. The van der Waals surface area contributed by atoms with E-state index in [1.54, 1.807) is 26.0 Å². The van der Waals surface area contributed by atoms with Gasteiger partial charge in [-0.1, -0.05) is 18.2 Å². The maximum Gasteiger partial charge on any atom is 0.234 e. The highest BCUT2D eigenvalue weighted by Gasteiger charge is 2.30. The van der Waals surface area contributed by atoms with Crippen LogP contribution in [0.25, 0.3) is 0 Å². The van der Waals surface area contributed by atoms with Gasteiger partial charge in [0.25, 0.3) is 0 Å². The molecule has 2 atom stereocenters. The van der Waals surface area contributed by atoms with Crippen LogP contribution in [0.3, 0.4) is 0 Å². The number of carbonyl (C=O) groups is 1. The molecule has 0 fully saturated rings. The van der Waals surface area contributed by atoms with Gasteiger partial charge in [-0.05, 0) is 25.0 Å². The second-order valence-electron chi connectivity index (χ2n) is 4.56. The third kappa shape index (κ3) is 3.29. The van der Waals surface area contributed by atoms with Crippen molar-refractivity contribution in [2.45, 2.75) is 35.8 Å². The lowest BCUT2D eigenvalue weighted by atomic mass is 10.1. The second kappa shape index (κ2) is 6.41. The molecule has 1 aliphatic heterocycles. The number of carbonyl (C=O) groups excluding carboxylic acids is 1. The van der Waals surface area contributed by atoms with Crippen LogP contribution >= 0.6 is 11.8 Å². The number of amides is 1. The molecule has 1 amide bonds. The molecule has 1 aliphatic rings. The van der Waals surface area contributed by atoms with E-state index in [2.05, 4.69) is 17.4 Å². The molecule has 0 bridgehead atoms. The lowest BCUT2D eigenvalue weighted by Crippen LogP contribution is -2.46. The van der Waals surface area contributed by atoms with E-state index in [0.717, 1.165) is 6.42 Å². The van der Waals surface area contributed by atoms with Crippen LogP contribution in [0.4, 0.5) is 0 Å². The lowest BCUT2D eigenvalue weighted by molar-refractivity contribution is -0.135. The van der Waals surface area contributed by atoms with Crippen molar-refractivity contribution in [3.8, 4) is 0 Å². The molecule has 5 heteroatoms. The minimum Gasteiger partial charge on any atom is -0.354 e. The first kappa shape index (κ1) is 14.4. The summed E-state index contributed by atoms with van der Waals surface area (Å²) in [6, 6.07) is 7.97. The summed E-state index contributed by atoms with van der Waals surface area (Å²) in [5.41, 5.74) is 1.25. The van der Waals surface area contributed by atoms with Gasteiger partial charge >= 0.3 is 0 Å². The Morgan fingerprint density at radius 3 is 2.68 bits per heavy atom. The molecule has 104 valence electrons. The topological polar surface area (TPSA) is 47.6 Å². The van der Waals surface area contributed by atoms with Gasteiger partial charge < -0.3 is 14.8 Å². The zero-order valence-corrected chi connectivity index (χ0v) is 12.2. The molecule has 0 spiro atoms. The van der Waals surface area contributed by atoms with Crippen molar-refractivity contribution in [1.29, 1.82) is 0 Å². The van der Waals surface area contributed by atoms with E-state index in [1.165, 1.54) is 10.5 Å². The molecule has 19 heavy (non-hydrogen) atoms. The van der Waals surface area contributed by atoms with Gasteiger partial charge in [-0.25, -0.2) is 0 Å². The van der Waals surface area contributed by atoms with Crippen molar-refractivity contribution in [3.05, 3.63) is 29.8 Å². The summed E-state index contributed by atoms with van der Waals surface area (Å²) >= 11 is 1.62. The van der Waals surface area contributed by atoms with Gasteiger partial charge in [-0.3, -0.25) is 4.79 Å². The molecule has 4 nitrogen and oxygen atoms in total. The number of hydrogen-bond donors (Lipinski definition) is 1. The van der Waals surface area contributed by atoms with Crippen molar-refractivity contribution in [2.24, 2.45) is 0 Å². The number of hydrogen-bond acceptors (Lipinski definition) is 4. The van der Waals surface area contributed by atoms with Crippen LogP contribution < -0.4 is 5.32 Å². The Balaban J connectivity index is 1.93. The Bertz CT molecular complexity index is 423. The van der Waals surface area contributed by atoms with E-state index in [4.69, 9.17) is 9.47 Å². The van der Waals surface area contributed by atoms with E-state index in [0.29, 0.717) is 0 Å². The van der Waals surface area contributed by atoms with Gasteiger partial charge in [-0.15, -0.1) is 11.8 Å². The minimum atomic E-state index is -0.419. The highest BCUT2D eigenvalue weighted by molar-refractivity contribution is 8.01. The van der Waals surface area contributed by atoms with E-state index < -0.39 is 6.29 Å². The highest BCUT2D eigenvalue weighted by atomic mass is 32.2. The van der Waals surface area contributed by atoms with Crippen molar-refractivity contribution < 1.29 is 14.3 Å². The van der Waals surface area contributed by atoms with Crippen LogP contribution in [0.15, 0.2) is 29.2 Å². The molecule has 1 heterocycles. The van der Waals surface area contributed by atoms with E-state index in [9.17, 15) is 4.79 Å². The van der Waals surface area contributed by atoms with Crippen molar-refractivity contribution in [2.75, 3.05) is 14.2 Å². The first-order valence-corrected chi connectivity index (χ1v) is 7.14. The fourth-order valence-corrected chi connectivity index (χ4v) is 3.42. The third-order valence-electron chi connectivity index (χ3n) is 3.18. The molecule has 0 radical (unpaired) electrons. The Morgan fingerprint density at radius 2 is 2.05 bits per heavy atom. The Kier molecular flexibility index (Phi) is 4.85.